The van der Waals surface area contributed by atoms with E-state index in [-0.39, 0.29) is 12.6 Å². The van der Waals surface area contributed by atoms with Crippen molar-refractivity contribution in [1.82, 2.24) is 10.6 Å². The summed E-state index contributed by atoms with van der Waals surface area (Å²) < 4.78 is 16.6. The summed E-state index contributed by atoms with van der Waals surface area (Å²) in [6.45, 7) is 8.84. The Kier molecular flexibility index (Phi) is 8.17. The second-order valence-corrected chi connectivity index (χ2v) is 6.31. The molecule has 7 heteroatoms. The molecule has 1 atom stereocenters. The van der Waals surface area contributed by atoms with Crippen LogP contribution < -0.4 is 20.1 Å². The van der Waals surface area contributed by atoms with Crippen LogP contribution in [0.25, 0.3) is 0 Å². The highest BCUT2D eigenvalue weighted by molar-refractivity contribution is 5.95. The minimum absolute atomic E-state index is 0.256. The van der Waals surface area contributed by atoms with Gasteiger partial charge in [-0.2, -0.15) is 0 Å². The Bertz CT molecular complexity index is 730. The van der Waals surface area contributed by atoms with Crippen LogP contribution in [0.5, 0.6) is 11.5 Å². The third-order valence-corrected chi connectivity index (χ3v) is 4.34. The molecule has 28 heavy (non-hydrogen) atoms. The van der Waals surface area contributed by atoms with Gasteiger partial charge in [-0.1, -0.05) is 13.3 Å². The zero-order chi connectivity index (χ0) is 20.5. The number of benzene rings is 1. The lowest BCUT2D eigenvalue weighted by atomic mass is 9.92. The number of amides is 2. The highest BCUT2D eigenvalue weighted by Gasteiger charge is 2.35. The number of carbonyl (C=O) groups excluding carboxylic acids is 2. The molecule has 1 heterocycles. The second kappa shape index (κ2) is 10.6. The van der Waals surface area contributed by atoms with Crippen molar-refractivity contribution in [3.05, 3.63) is 35.0 Å². The van der Waals surface area contributed by atoms with E-state index in [1.807, 2.05) is 26.0 Å². The fourth-order valence-corrected chi connectivity index (χ4v) is 3.14. The van der Waals surface area contributed by atoms with E-state index in [0.29, 0.717) is 48.0 Å². The molecular formula is C21H30N2O5. The predicted molar refractivity (Wildman–Crippen MR) is 106 cm³/mol. The van der Waals surface area contributed by atoms with Crippen molar-refractivity contribution in [3.63, 3.8) is 0 Å². The molecule has 0 bridgehead atoms. The smallest absolute Gasteiger partial charge is 0.338 e. The van der Waals surface area contributed by atoms with Crippen molar-refractivity contribution >= 4 is 12.0 Å². The fraction of sp³-hybridized carbons (Fsp3) is 0.524. The van der Waals surface area contributed by atoms with Crippen LogP contribution >= 0.6 is 0 Å². The van der Waals surface area contributed by atoms with Crippen LogP contribution in [0.1, 0.15) is 58.6 Å². The summed E-state index contributed by atoms with van der Waals surface area (Å²) in [6, 6.07) is 4.41. The zero-order valence-corrected chi connectivity index (χ0v) is 17.1. The Balaban J connectivity index is 2.55. The third-order valence-electron chi connectivity index (χ3n) is 4.34. The maximum absolute atomic E-state index is 12.8. The van der Waals surface area contributed by atoms with Crippen LogP contribution in [0.4, 0.5) is 4.79 Å². The summed E-state index contributed by atoms with van der Waals surface area (Å²) in [4.78, 5) is 25.1. The first-order valence-corrected chi connectivity index (χ1v) is 9.92. The standard InChI is InChI=1S/C21H30N2O5/c1-5-9-10-16-18(20(24)28-8-4)19(23-21(25)22-16)15-12-11-14(26-6-2)13-17(15)27-7-3/h11-13,19H,5-10H2,1-4H3,(H2,22,23,25). The van der Waals surface area contributed by atoms with Crippen molar-refractivity contribution in [3.8, 4) is 11.5 Å². The monoisotopic (exact) mass is 390 g/mol. The average molecular weight is 390 g/mol. The van der Waals surface area contributed by atoms with Gasteiger partial charge in [0, 0.05) is 17.3 Å². The van der Waals surface area contributed by atoms with Crippen molar-refractivity contribution in [2.45, 2.75) is 53.0 Å². The largest absolute Gasteiger partial charge is 0.494 e. The minimum atomic E-state index is -0.656. The van der Waals surface area contributed by atoms with Gasteiger partial charge in [-0.15, -0.1) is 0 Å². The Morgan fingerprint density at radius 1 is 1.07 bits per heavy atom. The number of rotatable bonds is 10. The molecule has 0 saturated carbocycles. The first kappa shape index (κ1) is 21.6. The van der Waals surface area contributed by atoms with Gasteiger partial charge in [0.2, 0.25) is 0 Å². The van der Waals surface area contributed by atoms with Gasteiger partial charge in [0.25, 0.3) is 0 Å². The lowest BCUT2D eigenvalue weighted by molar-refractivity contribution is -0.139. The molecule has 154 valence electrons. The molecule has 0 spiro atoms. The van der Waals surface area contributed by atoms with Crippen LogP contribution in [-0.2, 0) is 9.53 Å². The van der Waals surface area contributed by atoms with Crippen LogP contribution in [-0.4, -0.2) is 31.8 Å². The van der Waals surface area contributed by atoms with Crippen molar-refractivity contribution < 1.29 is 23.8 Å². The van der Waals surface area contributed by atoms with Gasteiger partial charge in [-0.25, -0.2) is 9.59 Å². The minimum Gasteiger partial charge on any atom is -0.494 e. The summed E-state index contributed by atoms with van der Waals surface area (Å²) in [5.41, 5.74) is 1.71. The van der Waals surface area contributed by atoms with Crippen molar-refractivity contribution in [2.24, 2.45) is 0 Å². The Hall–Kier alpha value is -2.70. The van der Waals surface area contributed by atoms with E-state index in [9.17, 15) is 9.59 Å². The maximum Gasteiger partial charge on any atom is 0.338 e. The first-order valence-electron chi connectivity index (χ1n) is 9.92. The number of urea groups is 1. The van der Waals surface area contributed by atoms with E-state index in [4.69, 9.17) is 14.2 Å². The number of nitrogens with one attached hydrogen (secondary N) is 2. The molecule has 1 aromatic rings. The molecule has 0 radical (unpaired) electrons. The van der Waals surface area contributed by atoms with E-state index in [1.54, 1.807) is 13.0 Å². The van der Waals surface area contributed by atoms with E-state index in [0.717, 1.165) is 12.8 Å². The van der Waals surface area contributed by atoms with Gasteiger partial charge in [-0.3, -0.25) is 0 Å². The van der Waals surface area contributed by atoms with Crippen LogP contribution in [0.15, 0.2) is 29.5 Å². The number of hydrogen-bond acceptors (Lipinski definition) is 5. The molecule has 1 aliphatic rings. The molecule has 0 saturated heterocycles. The third kappa shape index (κ3) is 5.18. The lowest BCUT2D eigenvalue weighted by Crippen LogP contribution is -2.46. The van der Waals surface area contributed by atoms with Crippen LogP contribution in [0, 0.1) is 0 Å². The van der Waals surface area contributed by atoms with Gasteiger partial charge in [-0.05, 0) is 45.7 Å². The summed E-state index contributed by atoms with van der Waals surface area (Å²) >= 11 is 0. The van der Waals surface area contributed by atoms with Crippen LogP contribution in [0.3, 0.4) is 0 Å². The summed E-state index contributed by atoms with van der Waals surface area (Å²) in [5.74, 6) is 0.794. The molecular weight excluding hydrogens is 360 g/mol. The van der Waals surface area contributed by atoms with Crippen molar-refractivity contribution in [2.75, 3.05) is 19.8 Å². The van der Waals surface area contributed by atoms with Gasteiger partial charge >= 0.3 is 12.0 Å². The first-order chi connectivity index (χ1) is 13.5. The molecule has 0 fully saturated rings. The number of esters is 1. The quantitative estimate of drug-likeness (QED) is 0.593. The van der Waals surface area contributed by atoms with Gasteiger partial charge in [0.05, 0.1) is 31.4 Å². The van der Waals surface area contributed by atoms with E-state index in [1.165, 1.54) is 0 Å². The lowest BCUT2D eigenvalue weighted by Gasteiger charge is -2.30. The van der Waals surface area contributed by atoms with Crippen molar-refractivity contribution in [1.29, 1.82) is 0 Å². The second-order valence-electron chi connectivity index (χ2n) is 6.31. The zero-order valence-electron chi connectivity index (χ0n) is 17.1. The number of allylic oxidation sites excluding steroid dienone is 1. The average Bonchev–Trinajstić information content (AvgIpc) is 2.66. The molecule has 2 N–H and O–H groups in total. The SMILES string of the molecule is CCCCC1=C(C(=O)OCC)C(c2ccc(OCC)cc2OCC)NC(=O)N1. The summed E-state index contributed by atoms with van der Waals surface area (Å²) in [6.07, 6.45) is 2.39. The summed E-state index contributed by atoms with van der Waals surface area (Å²) in [7, 11) is 0. The molecule has 1 unspecified atom stereocenters. The van der Waals surface area contributed by atoms with E-state index < -0.39 is 12.0 Å². The molecule has 2 amide bonds. The molecule has 0 aliphatic carbocycles. The number of unbranched alkanes of at least 4 members (excludes halogenated alkanes) is 1. The van der Waals surface area contributed by atoms with E-state index in [2.05, 4.69) is 17.6 Å². The fourth-order valence-electron chi connectivity index (χ4n) is 3.14. The maximum atomic E-state index is 12.8. The predicted octanol–water partition coefficient (Wildman–Crippen LogP) is 3.85. The number of hydrogen-bond donors (Lipinski definition) is 2. The topological polar surface area (TPSA) is 85.9 Å². The molecule has 7 nitrogen and oxygen atoms in total. The van der Waals surface area contributed by atoms with Crippen LogP contribution in [0.2, 0.25) is 0 Å². The van der Waals surface area contributed by atoms with E-state index >= 15 is 0 Å². The Labute approximate surface area is 166 Å². The highest BCUT2D eigenvalue weighted by atomic mass is 16.5. The Morgan fingerprint density at radius 3 is 2.46 bits per heavy atom. The Morgan fingerprint density at radius 2 is 1.82 bits per heavy atom. The molecule has 1 aromatic carbocycles. The molecule has 2 rings (SSSR count). The highest BCUT2D eigenvalue weighted by Crippen LogP contribution is 2.36. The molecule has 0 aromatic heterocycles. The summed E-state index contributed by atoms with van der Waals surface area (Å²) in [5, 5.41) is 5.64. The van der Waals surface area contributed by atoms with Gasteiger partial charge in [0.1, 0.15) is 11.5 Å². The number of carbonyl (C=O) groups is 2. The van der Waals surface area contributed by atoms with Gasteiger partial charge in [0.15, 0.2) is 0 Å². The number of ether oxygens (including phenoxy) is 3. The molecule has 1 aliphatic heterocycles. The van der Waals surface area contributed by atoms with Gasteiger partial charge < -0.3 is 24.8 Å². The normalized spacial score (nSPS) is 16.3.